The number of hydrogen-bond donors (Lipinski definition) is 0. The number of benzene rings is 1. The molecule has 0 heterocycles. The lowest BCUT2D eigenvalue weighted by Gasteiger charge is -2.02. The molecule has 0 radical (unpaired) electrons. The fraction of sp³-hybridized carbons (Fsp3) is 0.143. The summed E-state index contributed by atoms with van der Waals surface area (Å²) in [6.07, 6.45) is 0. The maximum absolute atomic E-state index is 10.4. The second kappa shape index (κ2) is 3.81. The number of methoxy groups -OCH3 is 1. The third-order valence-corrected chi connectivity index (χ3v) is 1.98. The van der Waals surface area contributed by atoms with Crippen molar-refractivity contribution in [2.24, 2.45) is 0 Å². The molecule has 0 bridgehead atoms. The number of nitrogens with zero attached hydrogens (tertiary/aromatic N) is 1. The van der Waals surface area contributed by atoms with Crippen molar-refractivity contribution in [2.75, 3.05) is 7.11 Å². The molecule has 0 saturated carbocycles. The fourth-order valence-electron chi connectivity index (χ4n) is 0.835. The number of ether oxygens (including phenoxy) is 1. The van der Waals surface area contributed by atoms with Crippen molar-refractivity contribution < 1.29 is 9.66 Å². The van der Waals surface area contributed by atoms with Gasteiger partial charge in [-0.15, -0.1) is 0 Å². The monoisotopic (exact) mass is 221 g/mol. The van der Waals surface area contributed by atoms with Crippen molar-refractivity contribution in [3.05, 3.63) is 32.3 Å². The molecule has 0 fully saturated rings. The Kier molecular flexibility index (Phi) is 2.95. The summed E-state index contributed by atoms with van der Waals surface area (Å²) in [6.45, 7) is 0. The Labute approximate surface area is 84.2 Å². The number of nitro groups is 1. The SMILES string of the molecule is COc1cc(Cl)c([N+](=O)[O-])c(Cl)c1. The summed E-state index contributed by atoms with van der Waals surface area (Å²) in [6, 6.07) is 2.68. The molecule has 0 N–H and O–H groups in total. The average molecular weight is 222 g/mol. The van der Waals surface area contributed by atoms with Crippen molar-refractivity contribution in [3.8, 4) is 5.75 Å². The summed E-state index contributed by atoms with van der Waals surface area (Å²) >= 11 is 11.2. The van der Waals surface area contributed by atoms with Gasteiger partial charge in [-0.1, -0.05) is 23.2 Å². The summed E-state index contributed by atoms with van der Waals surface area (Å²) < 4.78 is 4.82. The highest BCUT2D eigenvalue weighted by Gasteiger charge is 2.18. The minimum absolute atomic E-state index is 0.0330. The quantitative estimate of drug-likeness (QED) is 0.570. The normalized spacial score (nSPS) is 9.77. The van der Waals surface area contributed by atoms with Gasteiger partial charge in [-0.3, -0.25) is 10.1 Å². The van der Waals surface area contributed by atoms with Crippen molar-refractivity contribution >= 4 is 28.9 Å². The number of hydrogen-bond acceptors (Lipinski definition) is 3. The second-order valence-electron chi connectivity index (χ2n) is 2.20. The van der Waals surface area contributed by atoms with Crippen molar-refractivity contribution in [3.63, 3.8) is 0 Å². The Morgan fingerprint density at radius 2 is 1.85 bits per heavy atom. The van der Waals surface area contributed by atoms with Crippen LogP contribution >= 0.6 is 23.2 Å². The first-order valence-corrected chi connectivity index (χ1v) is 3.99. The smallest absolute Gasteiger partial charge is 0.306 e. The molecule has 1 rings (SSSR count). The van der Waals surface area contributed by atoms with Gasteiger partial charge in [-0.25, -0.2) is 0 Å². The van der Waals surface area contributed by atoms with E-state index in [0.29, 0.717) is 5.75 Å². The minimum Gasteiger partial charge on any atom is -0.497 e. The van der Waals surface area contributed by atoms with Crippen LogP contribution in [0.5, 0.6) is 5.75 Å². The van der Waals surface area contributed by atoms with E-state index in [4.69, 9.17) is 27.9 Å². The summed E-state index contributed by atoms with van der Waals surface area (Å²) in [7, 11) is 1.42. The van der Waals surface area contributed by atoms with Crippen LogP contribution < -0.4 is 4.74 Å². The van der Waals surface area contributed by atoms with Crippen LogP contribution in [0.4, 0.5) is 5.69 Å². The lowest BCUT2D eigenvalue weighted by Crippen LogP contribution is -1.91. The van der Waals surface area contributed by atoms with Gasteiger partial charge >= 0.3 is 5.69 Å². The van der Waals surface area contributed by atoms with Gasteiger partial charge in [0, 0.05) is 12.1 Å². The first-order valence-electron chi connectivity index (χ1n) is 3.23. The summed E-state index contributed by atoms with van der Waals surface area (Å²) in [5.74, 6) is 0.389. The topological polar surface area (TPSA) is 52.4 Å². The minimum atomic E-state index is -0.635. The molecule has 0 spiro atoms. The standard InChI is InChI=1S/C7H5Cl2NO3/c1-13-4-2-5(8)7(10(11)12)6(9)3-4/h2-3H,1H3. The lowest BCUT2D eigenvalue weighted by atomic mass is 10.3. The zero-order chi connectivity index (χ0) is 10.0. The Morgan fingerprint density at radius 1 is 1.38 bits per heavy atom. The van der Waals surface area contributed by atoms with E-state index in [-0.39, 0.29) is 15.7 Å². The summed E-state index contributed by atoms with van der Waals surface area (Å²) in [4.78, 5) is 9.80. The molecule has 0 aromatic heterocycles. The van der Waals surface area contributed by atoms with Gasteiger partial charge in [-0.2, -0.15) is 0 Å². The summed E-state index contributed by atoms with van der Waals surface area (Å²) in [5, 5.41) is 10.4. The van der Waals surface area contributed by atoms with Crippen LogP contribution in [0.2, 0.25) is 10.0 Å². The van der Waals surface area contributed by atoms with Gasteiger partial charge in [0.2, 0.25) is 0 Å². The highest BCUT2D eigenvalue weighted by Crippen LogP contribution is 2.35. The average Bonchev–Trinajstić information content (AvgIpc) is 2.02. The number of halogens is 2. The van der Waals surface area contributed by atoms with Crippen molar-refractivity contribution in [2.45, 2.75) is 0 Å². The molecule has 1 aromatic rings. The summed E-state index contributed by atoms with van der Waals surface area (Å²) in [5.41, 5.74) is -0.302. The highest BCUT2D eigenvalue weighted by molar-refractivity contribution is 6.38. The molecule has 0 atom stereocenters. The van der Waals surface area contributed by atoms with E-state index >= 15 is 0 Å². The van der Waals surface area contributed by atoms with Gasteiger partial charge in [0.15, 0.2) is 0 Å². The van der Waals surface area contributed by atoms with E-state index in [1.165, 1.54) is 19.2 Å². The number of rotatable bonds is 2. The maximum atomic E-state index is 10.4. The first-order chi connectivity index (χ1) is 6.06. The van der Waals surface area contributed by atoms with Crippen molar-refractivity contribution in [1.82, 2.24) is 0 Å². The van der Waals surface area contributed by atoms with Crippen LogP contribution in [-0.4, -0.2) is 12.0 Å². The fourth-order valence-corrected chi connectivity index (χ4v) is 1.44. The molecule has 0 unspecified atom stereocenters. The zero-order valence-corrected chi connectivity index (χ0v) is 8.09. The van der Waals surface area contributed by atoms with Crippen LogP contribution in [-0.2, 0) is 0 Å². The predicted molar refractivity (Wildman–Crippen MR) is 49.7 cm³/mol. The molecular weight excluding hydrogens is 217 g/mol. The van der Waals surface area contributed by atoms with Crippen molar-refractivity contribution in [1.29, 1.82) is 0 Å². The molecule has 0 aliphatic heterocycles. The zero-order valence-electron chi connectivity index (χ0n) is 6.58. The van der Waals surface area contributed by atoms with E-state index in [9.17, 15) is 10.1 Å². The molecule has 0 saturated heterocycles. The Hall–Kier alpha value is -1.00. The van der Waals surface area contributed by atoms with E-state index in [2.05, 4.69) is 0 Å². The van der Waals surface area contributed by atoms with Crippen LogP contribution in [0, 0.1) is 10.1 Å². The van der Waals surface area contributed by atoms with Gasteiger partial charge in [0.1, 0.15) is 15.8 Å². The first kappa shape index (κ1) is 10.1. The van der Waals surface area contributed by atoms with E-state index in [1.54, 1.807) is 0 Å². The van der Waals surface area contributed by atoms with E-state index < -0.39 is 4.92 Å². The predicted octanol–water partition coefficient (Wildman–Crippen LogP) is 2.91. The van der Waals surface area contributed by atoms with E-state index in [0.717, 1.165) is 0 Å². The molecule has 0 aliphatic carbocycles. The second-order valence-corrected chi connectivity index (χ2v) is 3.01. The van der Waals surface area contributed by atoms with Gasteiger partial charge in [-0.05, 0) is 0 Å². The van der Waals surface area contributed by atoms with Gasteiger partial charge in [0.25, 0.3) is 0 Å². The molecule has 13 heavy (non-hydrogen) atoms. The Balaban J connectivity index is 3.31. The molecule has 0 aliphatic rings. The number of nitro benzene ring substituents is 1. The molecule has 4 nitrogen and oxygen atoms in total. The molecule has 1 aromatic carbocycles. The maximum Gasteiger partial charge on any atom is 0.306 e. The molecular formula is C7H5Cl2NO3. The molecule has 70 valence electrons. The van der Waals surface area contributed by atoms with Crippen LogP contribution in [0.1, 0.15) is 0 Å². The van der Waals surface area contributed by atoms with Gasteiger partial charge in [0.05, 0.1) is 12.0 Å². The van der Waals surface area contributed by atoms with Gasteiger partial charge < -0.3 is 4.74 Å². The highest BCUT2D eigenvalue weighted by atomic mass is 35.5. The van der Waals surface area contributed by atoms with Crippen LogP contribution in [0.15, 0.2) is 12.1 Å². The van der Waals surface area contributed by atoms with E-state index in [1.807, 2.05) is 0 Å². The molecule has 6 heteroatoms. The van der Waals surface area contributed by atoms with Crippen LogP contribution in [0.3, 0.4) is 0 Å². The third-order valence-electron chi connectivity index (χ3n) is 1.41. The van der Waals surface area contributed by atoms with Crippen LogP contribution in [0.25, 0.3) is 0 Å². The Morgan fingerprint density at radius 3 is 2.15 bits per heavy atom. The third kappa shape index (κ3) is 2.02. The lowest BCUT2D eigenvalue weighted by molar-refractivity contribution is -0.384. The largest absolute Gasteiger partial charge is 0.497 e. The molecule has 0 amide bonds. The Bertz CT molecular complexity index is 331.